The Morgan fingerprint density at radius 3 is 2.73 bits per heavy atom. The average Bonchev–Trinajstić information content (AvgIpc) is 3.07. The molecule has 0 saturated carbocycles. The van der Waals surface area contributed by atoms with Crippen LogP contribution in [0.25, 0.3) is 11.7 Å². The fourth-order valence-electron chi connectivity index (χ4n) is 3.58. The van der Waals surface area contributed by atoms with Crippen molar-refractivity contribution in [2.75, 3.05) is 19.6 Å². The van der Waals surface area contributed by atoms with Crippen molar-refractivity contribution in [1.82, 2.24) is 19.2 Å². The van der Waals surface area contributed by atoms with Gasteiger partial charge in [-0.3, -0.25) is 9.59 Å². The van der Waals surface area contributed by atoms with Crippen LogP contribution in [-0.2, 0) is 16.1 Å². The van der Waals surface area contributed by atoms with E-state index in [9.17, 15) is 9.59 Å². The summed E-state index contributed by atoms with van der Waals surface area (Å²) in [6, 6.07) is 11.3. The second-order valence-corrected chi connectivity index (χ2v) is 7.87. The summed E-state index contributed by atoms with van der Waals surface area (Å²) >= 11 is 5.89. The van der Waals surface area contributed by atoms with Gasteiger partial charge in [0.2, 0.25) is 11.8 Å². The van der Waals surface area contributed by atoms with Gasteiger partial charge in [-0.15, -0.1) is 0 Å². The zero-order valence-electron chi connectivity index (χ0n) is 16.8. The third-order valence-corrected chi connectivity index (χ3v) is 5.52. The molecule has 30 heavy (non-hydrogen) atoms. The van der Waals surface area contributed by atoms with Gasteiger partial charge < -0.3 is 14.2 Å². The zero-order valence-corrected chi connectivity index (χ0v) is 17.5. The second kappa shape index (κ2) is 8.71. The summed E-state index contributed by atoms with van der Waals surface area (Å²) in [5, 5.41) is 0.658. The molecule has 0 spiro atoms. The third kappa shape index (κ3) is 4.54. The SMILES string of the molecule is Cc1cccn2cc(CN3CCN(C(=O)/C=C/c4ccc(Cl)cc4)CCC3=O)nc12. The van der Waals surface area contributed by atoms with Gasteiger partial charge in [-0.1, -0.05) is 29.8 Å². The second-order valence-electron chi connectivity index (χ2n) is 7.43. The number of hydrogen-bond donors (Lipinski definition) is 0. The molecule has 0 N–H and O–H groups in total. The molecule has 0 bridgehead atoms. The van der Waals surface area contributed by atoms with Crippen molar-refractivity contribution >= 4 is 35.1 Å². The fraction of sp³-hybridized carbons (Fsp3) is 0.261. The lowest BCUT2D eigenvalue weighted by atomic mass is 10.2. The number of carbonyl (C=O) groups excluding carboxylic acids is 2. The van der Waals surface area contributed by atoms with E-state index in [1.165, 1.54) is 0 Å². The first kappa shape index (κ1) is 20.2. The number of aromatic nitrogens is 2. The van der Waals surface area contributed by atoms with Crippen LogP contribution in [0.2, 0.25) is 5.02 Å². The van der Waals surface area contributed by atoms with Crippen LogP contribution in [0.4, 0.5) is 0 Å². The molecular weight excluding hydrogens is 400 g/mol. The van der Waals surface area contributed by atoms with Crippen LogP contribution in [-0.4, -0.2) is 50.6 Å². The maximum absolute atomic E-state index is 12.6. The largest absolute Gasteiger partial charge is 0.337 e. The molecule has 7 heteroatoms. The number of pyridine rings is 1. The molecule has 2 aromatic heterocycles. The highest BCUT2D eigenvalue weighted by Gasteiger charge is 2.23. The normalized spacial score (nSPS) is 15.2. The molecule has 1 saturated heterocycles. The van der Waals surface area contributed by atoms with E-state index in [2.05, 4.69) is 4.98 Å². The molecule has 0 aliphatic carbocycles. The molecule has 1 aliphatic rings. The van der Waals surface area contributed by atoms with Crippen molar-refractivity contribution in [3.05, 3.63) is 76.7 Å². The van der Waals surface area contributed by atoms with Gasteiger partial charge in [0.15, 0.2) is 0 Å². The molecule has 1 fully saturated rings. The van der Waals surface area contributed by atoms with Gasteiger partial charge in [0.05, 0.1) is 12.2 Å². The Bertz CT molecular complexity index is 1100. The van der Waals surface area contributed by atoms with Gasteiger partial charge in [0, 0.05) is 49.5 Å². The summed E-state index contributed by atoms with van der Waals surface area (Å²) in [6.07, 6.45) is 7.54. The van der Waals surface area contributed by atoms with E-state index in [0.29, 0.717) is 37.6 Å². The van der Waals surface area contributed by atoms with Gasteiger partial charge in [0.25, 0.3) is 0 Å². The first-order chi connectivity index (χ1) is 14.5. The van der Waals surface area contributed by atoms with Crippen molar-refractivity contribution in [2.45, 2.75) is 19.9 Å². The smallest absolute Gasteiger partial charge is 0.246 e. The molecule has 0 unspecified atom stereocenters. The average molecular weight is 423 g/mol. The molecule has 3 aromatic rings. The van der Waals surface area contributed by atoms with Gasteiger partial charge in [-0.05, 0) is 42.3 Å². The minimum absolute atomic E-state index is 0.0424. The summed E-state index contributed by atoms with van der Waals surface area (Å²) in [5.74, 6) is -0.0521. The van der Waals surface area contributed by atoms with Crippen LogP contribution in [0.15, 0.2) is 54.9 Å². The van der Waals surface area contributed by atoms with E-state index >= 15 is 0 Å². The van der Waals surface area contributed by atoms with Gasteiger partial charge in [-0.2, -0.15) is 0 Å². The number of rotatable bonds is 4. The Hall–Kier alpha value is -3.12. The lowest BCUT2D eigenvalue weighted by Gasteiger charge is -2.20. The Balaban J connectivity index is 1.40. The van der Waals surface area contributed by atoms with E-state index in [4.69, 9.17) is 11.6 Å². The number of fused-ring (bicyclic) bond motifs is 1. The van der Waals surface area contributed by atoms with E-state index in [1.54, 1.807) is 34.1 Å². The van der Waals surface area contributed by atoms with Crippen LogP contribution < -0.4 is 0 Å². The van der Waals surface area contributed by atoms with Gasteiger partial charge in [-0.25, -0.2) is 4.98 Å². The molecule has 3 heterocycles. The van der Waals surface area contributed by atoms with Crippen molar-refractivity contribution in [3.63, 3.8) is 0 Å². The summed E-state index contributed by atoms with van der Waals surface area (Å²) in [6.45, 7) is 3.88. The highest BCUT2D eigenvalue weighted by molar-refractivity contribution is 6.30. The van der Waals surface area contributed by atoms with Gasteiger partial charge in [0.1, 0.15) is 5.65 Å². The maximum atomic E-state index is 12.6. The Kier molecular flexibility index (Phi) is 5.86. The number of nitrogens with zero attached hydrogens (tertiary/aromatic N) is 4. The predicted molar refractivity (Wildman–Crippen MR) is 117 cm³/mol. The lowest BCUT2D eigenvalue weighted by Crippen LogP contribution is -2.34. The number of carbonyl (C=O) groups is 2. The number of imidazole rings is 1. The molecule has 154 valence electrons. The molecule has 0 radical (unpaired) electrons. The van der Waals surface area contributed by atoms with Crippen LogP contribution >= 0.6 is 11.6 Å². The quantitative estimate of drug-likeness (QED) is 0.604. The molecule has 6 nitrogen and oxygen atoms in total. The van der Waals surface area contributed by atoms with Crippen LogP contribution in [0.1, 0.15) is 23.2 Å². The van der Waals surface area contributed by atoms with Crippen LogP contribution in [0.5, 0.6) is 0 Å². The number of amides is 2. The fourth-order valence-corrected chi connectivity index (χ4v) is 3.70. The topological polar surface area (TPSA) is 57.9 Å². The number of halogens is 1. The van der Waals surface area contributed by atoms with E-state index < -0.39 is 0 Å². The van der Waals surface area contributed by atoms with Gasteiger partial charge >= 0.3 is 0 Å². The van der Waals surface area contributed by atoms with Crippen molar-refractivity contribution < 1.29 is 9.59 Å². The van der Waals surface area contributed by atoms with E-state index in [1.807, 2.05) is 48.0 Å². The van der Waals surface area contributed by atoms with Crippen LogP contribution in [0, 0.1) is 6.92 Å². The summed E-state index contributed by atoms with van der Waals surface area (Å²) in [7, 11) is 0. The molecule has 0 atom stereocenters. The molecular formula is C23H23ClN4O2. The summed E-state index contributed by atoms with van der Waals surface area (Å²) < 4.78 is 1.98. The van der Waals surface area contributed by atoms with E-state index in [0.717, 1.165) is 22.5 Å². The number of aryl methyl sites for hydroxylation is 1. The summed E-state index contributed by atoms with van der Waals surface area (Å²) in [5.41, 5.74) is 3.75. The van der Waals surface area contributed by atoms with Crippen molar-refractivity contribution in [3.8, 4) is 0 Å². The molecule has 1 aliphatic heterocycles. The van der Waals surface area contributed by atoms with Crippen LogP contribution in [0.3, 0.4) is 0 Å². The Morgan fingerprint density at radius 1 is 1.17 bits per heavy atom. The summed E-state index contributed by atoms with van der Waals surface area (Å²) in [4.78, 5) is 33.4. The van der Waals surface area contributed by atoms with E-state index in [-0.39, 0.29) is 11.8 Å². The first-order valence-electron chi connectivity index (χ1n) is 9.93. The molecule has 2 amide bonds. The predicted octanol–water partition coefficient (Wildman–Crippen LogP) is 3.57. The lowest BCUT2D eigenvalue weighted by molar-refractivity contribution is -0.131. The highest BCUT2D eigenvalue weighted by Crippen LogP contribution is 2.15. The zero-order chi connectivity index (χ0) is 21.1. The standard InChI is InChI=1S/C23H23ClN4O2/c1-17-3-2-11-28-16-20(25-23(17)28)15-27-14-13-26(12-10-22(27)30)21(29)9-6-18-4-7-19(24)8-5-18/h2-9,11,16H,10,12-15H2,1H3/b9-6+. The number of hydrogen-bond acceptors (Lipinski definition) is 3. The minimum atomic E-state index is -0.0945. The van der Waals surface area contributed by atoms with Crippen molar-refractivity contribution in [1.29, 1.82) is 0 Å². The molecule has 4 rings (SSSR count). The Labute approximate surface area is 180 Å². The third-order valence-electron chi connectivity index (χ3n) is 5.27. The van der Waals surface area contributed by atoms with Crippen molar-refractivity contribution in [2.24, 2.45) is 0 Å². The Morgan fingerprint density at radius 2 is 1.97 bits per heavy atom. The number of benzene rings is 1. The minimum Gasteiger partial charge on any atom is -0.337 e. The monoisotopic (exact) mass is 422 g/mol. The highest BCUT2D eigenvalue weighted by atomic mass is 35.5. The molecule has 1 aromatic carbocycles. The first-order valence-corrected chi connectivity index (χ1v) is 10.3. The maximum Gasteiger partial charge on any atom is 0.246 e.